The zero-order valence-corrected chi connectivity index (χ0v) is 14.9. The van der Waals surface area contributed by atoms with Gasteiger partial charge in [-0.1, -0.05) is 0 Å². The number of β-amino-alcohol motifs (C(OH)–C–C–N with tert-alkyl or cyclic N) is 1. The highest BCUT2D eigenvalue weighted by Crippen LogP contribution is 2.28. The number of amides is 1. The van der Waals surface area contributed by atoms with E-state index in [2.05, 4.69) is 20.2 Å². The van der Waals surface area contributed by atoms with Gasteiger partial charge in [0, 0.05) is 31.3 Å². The van der Waals surface area contributed by atoms with Gasteiger partial charge in [-0.2, -0.15) is 0 Å². The van der Waals surface area contributed by atoms with Crippen LogP contribution in [0.15, 0.2) is 36.7 Å². The fourth-order valence-corrected chi connectivity index (χ4v) is 3.13. The van der Waals surface area contributed by atoms with Gasteiger partial charge in [-0.05, 0) is 50.2 Å². The number of hydrogen-bond acceptors (Lipinski definition) is 6. The average Bonchev–Trinajstić information content (AvgIpc) is 2.64. The van der Waals surface area contributed by atoms with Crippen LogP contribution in [0.5, 0.6) is 11.6 Å². The molecule has 1 saturated heterocycles. The number of anilines is 1. The van der Waals surface area contributed by atoms with E-state index < -0.39 is 0 Å². The van der Waals surface area contributed by atoms with E-state index in [9.17, 15) is 4.79 Å². The summed E-state index contributed by atoms with van der Waals surface area (Å²) < 4.78 is 5.80. The smallest absolute Gasteiger partial charge is 0.238 e. The SMILES string of the molecule is CC(=O)Nc1ccc(Oc2cncc(C3CCN(CCO)CC3)n2)cc1. The van der Waals surface area contributed by atoms with Crippen molar-refractivity contribution in [2.24, 2.45) is 0 Å². The van der Waals surface area contributed by atoms with E-state index in [1.165, 1.54) is 6.92 Å². The number of likely N-dealkylation sites (tertiary alicyclic amines) is 1. The molecule has 1 aliphatic rings. The summed E-state index contributed by atoms with van der Waals surface area (Å²) in [6.07, 6.45) is 5.42. The summed E-state index contributed by atoms with van der Waals surface area (Å²) in [5.41, 5.74) is 1.67. The molecule has 7 heteroatoms. The van der Waals surface area contributed by atoms with Crippen LogP contribution in [0.4, 0.5) is 5.69 Å². The minimum absolute atomic E-state index is 0.109. The molecule has 138 valence electrons. The van der Waals surface area contributed by atoms with E-state index in [0.717, 1.165) is 43.9 Å². The lowest BCUT2D eigenvalue weighted by molar-refractivity contribution is -0.114. The third-order valence-corrected chi connectivity index (χ3v) is 4.45. The summed E-state index contributed by atoms with van der Waals surface area (Å²) in [5, 5.41) is 11.8. The zero-order chi connectivity index (χ0) is 18.4. The highest BCUT2D eigenvalue weighted by molar-refractivity contribution is 5.88. The summed E-state index contributed by atoms with van der Waals surface area (Å²) in [4.78, 5) is 22.2. The second kappa shape index (κ2) is 8.73. The van der Waals surface area contributed by atoms with Crippen molar-refractivity contribution in [3.8, 4) is 11.6 Å². The number of hydrogen-bond donors (Lipinski definition) is 2. The number of benzene rings is 1. The molecular formula is C19H24N4O3. The van der Waals surface area contributed by atoms with Crippen LogP contribution in [0.2, 0.25) is 0 Å². The molecular weight excluding hydrogens is 332 g/mol. The largest absolute Gasteiger partial charge is 0.437 e. The maximum atomic E-state index is 11.1. The summed E-state index contributed by atoms with van der Waals surface area (Å²) in [6.45, 7) is 4.33. The Kier molecular flexibility index (Phi) is 6.14. The van der Waals surface area contributed by atoms with E-state index in [0.29, 0.717) is 17.5 Å². The molecule has 1 aromatic heterocycles. The van der Waals surface area contributed by atoms with Gasteiger partial charge in [-0.15, -0.1) is 0 Å². The van der Waals surface area contributed by atoms with Gasteiger partial charge in [0.2, 0.25) is 11.8 Å². The van der Waals surface area contributed by atoms with E-state index in [1.807, 2.05) is 0 Å². The first-order chi connectivity index (χ1) is 12.6. The van der Waals surface area contributed by atoms with Crippen LogP contribution in [0.25, 0.3) is 0 Å². The highest BCUT2D eigenvalue weighted by atomic mass is 16.5. The Bertz CT molecular complexity index is 728. The molecule has 2 heterocycles. The quantitative estimate of drug-likeness (QED) is 0.826. The molecule has 0 unspecified atom stereocenters. The first-order valence-electron chi connectivity index (χ1n) is 8.84. The lowest BCUT2D eigenvalue weighted by Crippen LogP contribution is -2.35. The van der Waals surface area contributed by atoms with Crippen molar-refractivity contribution in [2.75, 3.05) is 31.6 Å². The van der Waals surface area contributed by atoms with Crippen molar-refractivity contribution >= 4 is 11.6 Å². The first-order valence-corrected chi connectivity index (χ1v) is 8.84. The van der Waals surface area contributed by atoms with Crippen LogP contribution in [-0.2, 0) is 4.79 Å². The molecule has 0 saturated carbocycles. The lowest BCUT2D eigenvalue weighted by Gasteiger charge is -2.30. The topological polar surface area (TPSA) is 87.6 Å². The molecule has 26 heavy (non-hydrogen) atoms. The first kappa shape index (κ1) is 18.3. The summed E-state index contributed by atoms with van der Waals surface area (Å²) in [7, 11) is 0. The number of carbonyl (C=O) groups is 1. The van der Waals surface area contributed by atoms with Gasteiger partial charge in [-0.3, -0.25) is 9.78 Å². The Morgan fingerprint density at radius 3 is 2.65 bits per heavy atom. The summed E-state index contributed by atoms with van der Waals surface area (Å²) in [6, 6.07) is 7.13. The number of piperidine rings is 1. The van der Waals surface area contributed by atoms with Crippen LogP contribution < -0.4 is 10.1 Å². The number of aliphatic hydroxyl groups excluding tert-OH is 1. The van der Waals surface area contributed by atoms with E-state index in [-0.39, 0.29) is 12.5 Å². The Morgan fingerprint density at radius 2 is 2.00 bits per heavy atom. The van der Waals surface area contributed by atoms with Crippen molar-refractivity contribution in [3.05, 3.63) is 42.4 Å². The molecule has 0 spiro atoms. The van der Waals surface area contributed by atoms with E-state index >= 15 is 0 Å². The lowest BCUT2D eigenvalue weighted by atomic mass is 9.94. The molecule has 1 aliphatic heterocycles. The number of aliphatic hydroxyl groups is 1. The predicted octanol–water partition coefficient (Wildman–Crippen LogP) is 2.40. The molecule has 7 nitrogen and oxygen atoms in total. The van der Waals surface area contributed by atoms with Crippen LogP contribution in [-0.4, -0.2) is 52.1 Å². The summed E-state index contributed by atoms with van der Waals surface area (Å²) >= 11 is 0. The summed E-state index contributed by atoms with van der Waals surface area (Å²) in [5.74, 6) is 1.36. The molecule has 0 atom stereocenters. The van der Waals surface area contributed by atoms with Gasteiger partial charge >= 0.3 is 0 Å². The van der Waals surface area contributed by atoms with Gasteiger partial charge in [0.25, 0.3) is 0 Å². The molecule has 2 N–H and O–H groups in total. The van der Waals surface area contributed by atoms with Gasteiger partial charge in [-0.25, -0.2) is 4.98 Å². The minimum Gasteiger partial charge on any atom is -0.437 e. The monoisotopic (exact) mass is 356 g/mol. The number of ether oxygens (including phenoxy) is 1. The second-order valence-corrected chi connectivity index (χ2v) is 6.43. The maximum Gasteiger partial charge on any atom is 0.238 e. The number of nitrogens with one attached hydrogen (secondary N) is 1. The van der Waals surface area contributed by atoms with Gasteiger partial charge < -0.3 is 20.1 Å². The van der Waals surface area contributed by atoms with Crippen LogP contribution in [0.1, 0.15) is 31.4 Å². The fraction of sp³-hybridized carbons (Fsp3) is 0.421. The van der Waals surface area contributed by atoms with Crippen molar-refractivity contribution in [2.45, 2.75) is 25.7 Å². The van der Waals surface area contributed by atoms with Gasteiger partial charge in [0.1, 0.15) is 5.75 Å². The van der Waals surface area contributed by atoms with E-state index in [4.69, 9.17) is 9.84 Å². The predicted molar refractivity (Wildman–Crippen MR) is 98.4 cm³/mol. The number of rotatable bonds is 6. The average molecular weight is 356 g/mol. The highest BCUT2D eigenvalue weighted by Gasteiger charge is 2.22. The molecule has 1 aromatic carbocycles. The molecule has 2 aromatic rings. The number of carbonyl (C=O) groups excluding carboxylic acids is 1. The Hall–Kier alpha value is -2.51. The normalized spacial score (nSPS) is 15.6. The van der Waals surface area contributed by atoms with Crippen molar-refractivity contribution in [1.82, 2.24) is 14.9 Å². The molecule has 1 fully saturated rings. The van der Waals surface area contributed by atoms with Crippen molar-refractivity contribution in [1.29, 1.82) is 0 Å². The Labute approximate surface area is 153 Å². The van der Waals surface area contributed by atoms with Crippen LogP contribution in [0, 0.1) is 0 Å². The maximum absolute atomic E-state index is 11.1. The van der Waals surface area contributed by atoms with Crippen molar-refractivity contribution in [3.63, 3.8) is 0 Å². The molecule has 0 bridgehead atoms. The van der Waals surface area contributed by atoms with Crippen LogP contribution >= 0.6 is 0 Å². The number of nitrogens with zero attached hydrogens (tertiary/aromatic N) is 3. The Balaban J connectivity index is 1.61. The van der Waals surface area contributed by atoms with Crippen LogP contribution in [0.3, 0.4) is 0 Å². The third-order valence-electron chi connectivity index (χ3n) is 4.45. The molecule has 0 aliphatic carbocycles. The minimum atomic E-state index is -0.109. The third kappa shape index (κ3) is 5.00. The van der Waals surface area contributed by atoms with E-state index in [1.54, 1.807) is 36.7 Å². The van der Waals surface area contributed by atoms with Gasteiger partial charge in [0.15, 0.2) is 0 Å². The second-order valence-electron chi connectivity index (χ2n) is 6.43. The Morgan fingerprint density at radius 1 is 1.27 bits per heavy atom. The molecule has 3 rings (SSSR count). The zero-order valence-electron chi connectivity index (χ0n) is 14.9. The van der Waals surface area contributed by atoms with Crippen molar-refractivity contribution < 1.29 is 14.6 Å². The number of aromatic nitrogens is 2. The van der Waals surface area contributed by atoms with Gasteiger partial charge in [0.05, 0.1) is 18.5 Å². The molecule has 0 radical (unpaired) electrons. The standard InChI is InChI=1S/C19H24N4O3/c1-14(25)21-16-2-4-17(5-3-16)26-19-13-20-12-18(22-19)15-6-8-23(9-7-15)10-11-24/h2-5,12-13,15,24H,6-11H2,1H3,(H,21,25). The fourth-order valence-electron chi connectivity index (χ4n) is 3.13. The molecule has 1 amide bonds.